The molecule has 3 heterocycles. The lowest BCUT2D eigenvalue weighted by atomic mass is 10.1. The van der Waals surface area contributed by atoms with Crippen LogP contribution in [0.5, 0.6) is 0 Å². The Hall–Kier alpha value is -2.12. The van der Waals surface area contributed by atoms with Crippen LogP contribution in [0.4, 0.5) is 14.7 Å². The van der Waals surface area contributed by atoms with Gasteiger partial charge in [0.05, 0.1) is 5.69 Å². The van der Waals surface area contributed by atoms with Crippen molar-refractivity contribution in [1.29, 1.82) is 0 Å². The molecule has 0 unspecified atom stereocenters. The summed E-state index contributed by atoms with van der Waals surface area (Å²) in [5.41, 5.74) is 2.86. The molecule has 0 atom stereocenters. The predicted molar refractivity (Wildman–Crippen MR) is 105 cm³/mol. The minimum Gasteiger partial charge on any atom is -0.338 e. The van der Waals surface area contributed by atoms with Crippen molar-refractivity contribution in [1.82, 2.24) is 19.8 Å². The van der Waals surface area contributed by atoms with Crippen LogP contribution >= 0.6 is 0 Å². The van der Waals surface area contributed by atoms with Gasteiger partial charge in [0.15, 0.2) is 0 Å². The van der Waals surface area contributed by atoms with Crippen molar-refractivity contribution in [2.75, 3.05) is 44.2 Å². The van der Waals surface area contributed by atoms with Gasteiger partial charge >= 0.3 is 0 Å². The lowest BCUT2D eigenvalue weighted by molar-refractivity contribution is 0.241. The van der Waals surface area contributed by atoms with Gasteiger partial charge in [-0.3, -0.25) is 9.80 Å². The topological polar surface area (TPSA) is 35.5 Å². The van der Waals surface area contributed by atoms with Gasteiger partial charge in [0, 0.05) is 70.1 Å². The SMILES string of the molecule is CCCN1CCN(c2ncc3c(n2)CCN(Cc2cc(F)cc(F)c2)C3)CC1. The largest absolute Gasteiger partial charge is 0.338 e. The first kappa shape index (κ1) is 19.2. The third kappa shape index (κ3) is 4.47. The van der Waals surface area contributed by atoms with Crippen LogP contribution in [-0.4, -0.2) is 59.0 Å². The molecule has 1 aromatic carbocycles. The smallest absolute Gasteiger partial charge is 0.225 e. The quantitative estimate of drug-likeness (QED) is 0.788. The van der Waals surface area contributed by atoms with Crippen molar-refractivity contribution in [3.05, 3.63) is 52.9 Å². The van der Waals surface area contributed by atoms with Gasteiger partial charge in [-0.1, -0.05) is 6.92 Å². The number of anilines is 1. The molecular weight excluding hydrogens is 360 g/mol. The van der Waals surface area contributed by atoms with Gasteiger partial charge in [-0.05, 0) is 30.7 Å². The van der Waals surface area contributed by atoms with Gasteiger partial charge in [0.1, 0.15) is 11.6 Å². The van der Waals surface area contributed by atoms with E-state index < -0.39 is 11.6 Å². The Morgan fingerprint density at radius 2 is 1.71 bits per heavy atom. The fraction of sp³-hybridized carbons (Fsp3) is 0.524. The average molecular weight is 387 g/mol. The molecule has 4 rings (SSSR count). The molecule has 28 heavy (non-hydrogen) atoms. The third-order valence-corrected chi connectivity index (χ3v) is 5.52. The van der Waals surface area contributed by atoms with E-state index in [1.54, 1.807) is 0 Å². The zero-order valence-electron chi connectivity index (χ0n) is 16.4. The highest BCUT2D eigenvalue weighted by molar-refractivity contribution is 5.35. The number of hydrogen-bond donors (Lipinski definition) is 0. The minimum atomic E-state index is -0.528. The van der Waals surface area contributed by atoms with Crippen molar-refractivity contribution in [2.24, 2.45) is 0 Å². The molecule has 2 aromatic rings. The summed E-state index contributed by atoms with van der Waals surface area (Å²) >= 11 is 0. The predicted octanol–water partition coefficient (Wildman–Crippen LogP) is 2.85. The number of rotatable bonds is 5. The van der Waals surface area contributed by atoms with Crippen LogP contribution in [-0.2, 0) is 19.5 Å². The Bertz CT molecular complexity index is 800. The van der Waals surface area contributed by atoms with Crippen molar-refractivity contribution in [3.8, 4) is 0 Å². The number of piperazine rings is 1. The molecule has 0 spiro atoms. The number of fused-ring (bicyclic) bond motifs is 1. The molecular formula is C21H27F2N5. The molecule has 2 aliphatic heterocycles. The second kappa shape index (κ2) is 8.49. The minimum absolute atomic E-state index is 0.523. The number of benzene rings is 1. The second-order valence-electron chi connectivity index (χ2n) is 7.71. The molecule has 0 N–H and O–H groups in total. The molecule has 0 saturated carbocycles. The van der Waals surface area contributed by atoms with Crippen LogP contribution in [0.15, 0.2) is 24.4 Å². The van der Waals surface area contributed by atoms with Crippen LogP contribution in [0, 0.1) is 11.6 Å². The molecule has 0 aliphatic carbocycles. The third-order valence-electron chi connectivity index (χ3n) is 5.52. The zero-order chi connectivity index (χ0) is 19.5. The fourth-order valence-corrected chi connectivity index (χ4v) is 4.10. The molecule has 150 valence electrons. The molecule has 1 aromatic heterocycles. The first-order valence-corrected chi connectivity index (χ1v) is 10.1. The summed E-state index contributed by atoms with van der Waals surface area (Å²) in [6.45, 7) is 9.49. The zero-order valence-corrected chi connectivity index (χ0v) is 16.4. The van der Waals surface area contributed by atoms with Crippen molar-refractivity contribution in [3.63, 3.8) is 0 Å². The van der Waals surface area contributed by atoms with Crippen LogP contribution < -0.4 is 4.90 Å². The number of aromatic nitrogens is 2. The Balaban J connectivity index is 1.39. The van der Waals surface area contributed by atoms with Crippen molar-refractivity contribution < 1.29 is 8.78 Å². The number of hydrogen-bond acceptors (Lipinski definition) is 5. The van der Waals surface area contributed by atoms with Gasteiger partial charge in [-0.2, -0.15) is 0 Å². The van der Waals surface area contributed by atoms with Gasteiger partial charge in [0.2, 0.25) is 5.95 Å². The van der Waals surface area contributed by atoms with E-state index in [0.717, 1.165) is 69.0 Å². The molecule has 1 saturated heterocycles. The molecule has 5 nitrogen and oxygen atoms in total. The highest BCUT2D eigenvalue weighted by Crippen LogP contribution is 2.22. The molecule has 0 bridgehead atoms. The van der Waals surface area contributed by atoms with E-state index in [9.17, 15) is 8.78 Å². The summed E-state index contributed by atoms with van der Waals surface area (Å²) in [5.74, 6) is -0.227. The maximum Gasteiger partial charge on any atom is 0.225 e. The average Bonchev–Trinajstić information content (AvgIpc) is 2.68. The Morgan fingerprint density at radius 3 is 2.43 bits per heavy atom. The summed E-state index contributed by atoms with van der Waals surface area (Å²) < 4.78 is 26.8. The van der Waals surface area contributed by atoms with Crippen LogP contribution in [0.25, 0.3) is 0 Å². The summed E-state index contributed by atoms with van der Waals surface area (Å²) in [6, 6.07) is 3.71. The van der Waals surface area contributed by atoms with Crippen LogP contribution in [0.3, 0.4) is 0 Å². The van der Waals surface area contributed by atoms with E-state index in [4.69, 9.17) is 4.98 Å². The highest BCUT2D eigenvalue weighted by atomic mass is 19.1. The maximum atomic E-state index is 13.4. The standard InChI is InChI=1S/C21H27F2N5/c1-2-4-26-6-8-28(9-7-26)21-24-13-17-15-27(5-3-20(17)25-21)14-16-10-18(22)12-19(23)11-16/h10-13H,2-9,14-15H2,1H3. The maximum absolute atomic E-state index is 13.4. The molecule has 7 heteroatoms. The van der Waals surface area contributed by atoms with Gasteiger partial charge < -0.3 is 4.90 Å². The normalized spacial score (nSPS) is 18.3. The lowest BCUT2D eigenvalue weighted by Crippen LogP contribution is -2.47. The second-order valence-corrected chi connectivity index (χ2v) is 7.71. The summed E-state index contributed by atoms with van der Waals surface area (Å²) in [6.07, 6.45) is 3.95. The molecule has 2 aliphatic rings. The molecule has 1 fully saturated rings. The van der Waals surface area contributed by atoms with Crippen molar-refractivity contribution in [2.45, 2.75) is 32.9 Å². The van der Waals surface area contributed by atoms with E-state index in [1.165, 1.54) is 18.6 Å². The van der Waals surface area contributed by atoms with E-state index in [2.05, 4.69) is 26.6 Å². The van der Waals surface area contributed by atoms with Gasteiger partial charge in [-0.25, -0.2) is 18.7 Å². The van der Waals surface area contributed by atoms with Crippen molar-refractivity contribution >= 4 is 5.95 Å². The molecule has 0 amide bonds. The summed E-state index contributed by atoms with van der Waals surface area (Å²) in [7, 11) is 0. The Labute approximate surface area is 165 Å². The van der Waals surface area contributed by atoms with E-state index in [-0.39, 0.29) is 0 Å². The first-order chi connectivity index (χ1) is 13.6. The number of nitrogens with zero attached hydrogens (tertiary/aromatic N) is 5. The lowest BCUT2D eigenvalue weighted by Gasteiger charge is -2.35. The van der Waals surface area contributed by atoms with Crippen LogP contribution in [0.1, 0.15) is 30.2 Å². The first-order valence-electron chi connectivity index (χ1n) is 10.1. The van der Waals surface area contributed by atoms with E-state index in [1.807, 2.05) is 6.20 Å². The van der Waals surface area contributed by atoms with Gasteiger partial charge in [-0.15, -0.1) is 0 Å². The van der Waals surface area contributed by atoms with Gasteiger partial charge in [0.25, 0.3) is 0 Å². The summed E-state index contributed by atoms with van der Waals surface area (Å²) in [5, 5.41) is 0. The van der Waals surface area contributed by atoms with E-state index in [0.29, 0.717) is 18.7 Å². The Morgan fingerprint density at radius 1 is 0.964 bits per heavy atom. The molecule has 0 radical (unpaired) electrons. The monoisotopic (exact) mass is 387 g/mol. The Kier molecular flexibility index (Phi) is 5.82. The van der Waals surface area contributed by atoms with E-state index >= 15 is 0 Å². The fourth-order valence-electron chi connectivity index (χ4n) is 4.10. The van der Waals surface area contributed by atoms with Crippen LogP contribution in [0.2, 0.25) is 0 Å². The number of halogens is 2. The summed E-state index contributed by atoms with van der Waals surface area (Å²) in [4.78, 5) is 16.4. The highest BCUT2D eigenvalue weighted by Gasteiger charge is 2.22.